The number of benzene rings is 1. The average molecular weight is 284 g/mol. The minimum absolute atomic E-state index is 0.366. The number of hydrogen-bond acceptors (Lipinski definition) is 1. The molecule has 1 aromatic rings. The van der Waals surface area contributed by atoms with Gasteiger partial charge in [-0.3, -0.25) is 0 Å². The predicted molar refractivity (Wildman–Crippen MR) is 50.7 cm³/mol. The van der Waals surface area contributed by atoms with Gasteiger partial charge < -0.3 is 4.74 Å². The summed E-state index contributed by atoms with van der Waals surface area (Å²) in [5, 5.41) is 0. The van der Waals surface area contributed by atoms with Gasteiger partial charge in [-0.2, -0.15) is 0 Å². The SMILES string of the molecule is Fc1ccc(OCCI)cc1F. The van der Waals surface area contributed by atoms with Crippen molar-refractivity contribution in [2.45, 2.75) is 0 Å². The van der Waals surface area contributed by atoms with Crippen LogP contribution in [-0.2, 0) is 0 Å². The van der Waals surface area contributed by atoms with Gasteiger partial charge in [-0.15, -0.1) is 0 Å². The highest BCUT2D eigenvalue weighted by atomic mass is 127. The fourth-order valence-corrected chi connectivity index (χ4v) is 0.943. The molecule has 0 N–H and O–H groups in total. The molecule has 12 heavy (non-hydrogen) atoms. The molecule has 0 spiro atoms. The van der Waals surface area contributed by atoms with Gasteiger partial charge in [0, 0.05) is 10.5 Å². The summed E-state index contributed by atoms with van der Waals surface area (Å²) >= 11 is 2.14. The van der Waals surface area contributed by atoms with E-state index in [0.717, 1.165) is 16.6 Å². The van der Waals surface area contributed by atoms with Gasteiger partial charge in [-0.1, -0.05) is 22.6 Å². The number of ether oxygens (including phenoxy) is 1. The predicted octanol–water partition coefficient (Wildman–Crippen LogP) is 2.78. The molecule has 1 aromatic carbocycles. The van der Waals surface area contributed by atoms with Crippen molar-refractivity contribution in [3.05, 3.63) is 29.8 Å². The van der Waals surface area contributed by atoms with Crippen molar-refractivity contribution in [1.29, 1.82) is 0 Å². The van der Waals surface area contributed by atoms with E-state index in [0.29, 0.717) is 12.4 Å². The van der Waals surface area contributed by atoms with Crippen LogP contribution in [0.1, 0.15) is 0 Å². The molecule has 0 aromatic heterocycles. The second kappa shape index (κ2) is 4.59. The normalized spacial score (nSPS) is 9.92. The van der Waals surface area contributed by atoms with Crippen LogP contribution >= 0.6 is 22.6 Å². The van der Waals surface area contributed by atoms with Gasteiger partial charge in [-0.05, 0) is 12.1 Å². The Hall–Kier alpha value is -0.390. The number of halogens is 3. The molecule has 0 aliphatic carbocycles. The minimum Gasteiger partial charge on any atom is -0.493 e. The molecule has 0 aliphatic rings. The molecule has 0 radical (unpaired) electrons. The van der Waals surface area contributed by atoms with Crippen molar-refractivity contribution >= 4 is 22.6 Å². The average Bonchev–Trinajstić information content (AvgIpc) is 2.07. The lowest BCUT2D eigenvalue weighted by atomic mass is 10.3. The summed E-state index contributed by atoms with van der Waals surface area (Å²) in [6, 6.07) is 3.50. The lowest BCUT2D eigenvalue weighted by Crippen LogP contribution is -1.98. The van der Waals surface area contributed by atoms with Crippen molar-refractivity contribution in [1.82, 2.24) is 0 Å². The van der Waals surface area contributed by atoms with Gasteiger partial charge in [0.25, 0.3) is 0 Å². The smallest absolute Gasteiger partial charge is 0.162 e. The first kappa shape index (κ1) is 9.70. The second-order valence-electron chi connectivity index (χ2n) is 2.11. The van der Waals surface area contributed by atoms with Crippen LogP contribution in [0.5, 0.6) is 5.75 Å². The molecule has 4 heteroatoms. The summed E-state index contributed by atoms with van der Waals surface area (Å²) in [5.41, 5.74) is 0. The second-order valence-corrected chi connectivity index (χ2v) is 3.19. The maximum Gasteiger partial charge on any atom is 0.162 e. The van der Waals surface area contributed by atoms with E-state index in [2.05, 4.69) is 22.6 Å². The molecular weight excluding hydrogens is 277 g/mol. The Bertz CT molecular complexity index is 265. The molecule has 0 bridgehead atoms. The number of hydrogen-bond donors (Lipinski definition) is 0. The third kappa shape index (κ3) is 2.58. The van der Waals surface area contributed by atoms with Crippen LogP contribution < -0.4 is 4.74 Å². The summed E-state index contributed by atoms with van der Waals surface area (Å²) < 4.78 is 30.8. The van der Waals surface area contributed by atoms with Crippen LogP contribution in [0.15, 0.2) is 18.2 Å². The highest BCUT2D eigenvalue weighted by Crippen LogP contribution is 2.15. The van der Waals surface area contributed by atoms with Gasteiger partial charge in [0.1, 0.15) is 5.75 Å². The standard InChI is InChI=1S/C8H7F2IO/c9-7-2-1-6(5-8(7)10)12-4-3-11/h1-2,5H,3-4H2. The van der Waals surface area contributed by atoms with Gasteiger partial charge >= 0.3 is 0 Å². The Balaban J connectivity index is 2.69. The van der Waals surface area contributed by atoms with Crippen molar-refractivity contribution in [2.75, 3.05) is 11.0 Å². The molecule has 1 nitrogen and oxygen atoms in total. The summed E-state index contributed by atoms with van der Waals surface area (Å²) in [6.45, 7) is 0.506. The molecule has 0 atom stereocenters. The Morgan fingerprint density at radius 1 is 1.25 bits per heavy atom. The van der Waals surface area contributed by atoms with Crippen molar-refractivity contribution in [3.63, 3.8) is 0 Å². The molecule has 0 saturated heterocycles. The van der Waals surface area contributed by atoms with E-state index in [4.69, 9.17) is 4.74 Å². The Morgan fingerprint density at radius 3 is 2.58 bits per heavy atom. The lowest BCUT2D eigenvalue weighted by molar-refractivity contribution is 0.342. The van der Waals surface area contributed by atoms with E-state index in [9.17, 15) is 8.78 Å². The van der Waals surface area contributed by atoms with Crippen LogP contribution in [0, 0.1) is 11.6 Å². The zero-order chi connectivity index (χ0) is 8.97. The van der Waals surface area contributed by atoms with Crippen molar-refractivity contribution in [2.24, 2.45) is 0 Å². The Kier molecular flexibility index (Phi) is 3.71. The van der Waals surface area contributed by atoms with Crippen LogP contribution in [0.2, 0.25) is 0 Å². The highest BCUT2D eigenvalue weighted by molar-refractivity contribution is 14.1. The highest BCUT2D eigenvalue weighted by Gasteiger charge is 2.01. The van der Waals surface area contributed by atoms with E-state index >= 15 is 0 Å². The van der Waals surface area contributed by atoms with E-state index in [1.165, 1.54) is 6.07 Å². The fraction of sp³-hybridized carbons (Fsp3) is 0.250. The molecule has 0 unspecified atom stereocenters. The van der Waals surface area contributed by atoms with Crippen LogP contribution in [0.4, 0.5) is 8.78 Å². The van der Waals surface area contributed by atoms with Gasteiger partial charge in [0.2, 0.25) is 0 Å². The quantitative estimate of drug-likeness (QED) is 0.612. The first-order chi connectivity index (χ1) is 5.74. The zero-order valence-electron chi connectivity index (χ0n) is 6.19. The topological polar surface area (TPSA) is 9.23 Å². The first-order valence-corrected chi connectivity index (χ1v) is 4.90. The number of rotatable bonds is 3. The maximum absolute atomic E-state index is 12.5. The van der Waals surface area contributed by atoms with Gasteiger partial charge in [0.05, 0.1) is 6.61 Å². The third-order valence-corrected chi connectivity index (χ3v) is 1.68. The molecule has 0 fully saturated rings. The molecular formula is C8H7F2IO. The molecule has 66 valence electrons. The zero-order valence-corrected chi connectivity index (χ0v) is 8.35. The molecule has 0 aliphatic heterocycles. The van der Waals surface area contributed by atoms with Gasteiger partial charge in [-0.25, -0.2) is 8.78 Å². The summed E-state index contributed by atoms with van der Waals surface area (Å²) in [6.07, 6.45) is 0. The first-order valence-electron chi connectivity index (χ1n) is 3.38. The van der Waals surface area contributed by atoms with Gasteiger partial charge in [0.15, 0.2) is 11.6 Å². The number of alkyl halides is 1. The molecule has 0 saturated carbocycles. The maximum atomic E-state index is 12.5. The molecule has 0 amide bonds. The molecule has 0 heterocycles. The van der Waals surface area contributed by atoms with Crippen LogP contribution in [-0.4, -0.2) is 11.0 Å². The van der Waals surface area contributed by atoms with E-state index in [1.54, 1.807) is 0 Å². The van der Waals surface area contributed by atoms with E-state index in [1.807, 2.05) is 0 Å². The van der Waals surface area contributed by atoms with Crippen LogP contribution in [0.3, 0.4) is 0 Å². The monoisotopic (exact) mass is 284 g/mol. The van der Waals surface area contributed by atoms with Crippen molar-refractivity contribution in [3.8, 4) is 5.75 Å². The van der Waals surface area contributed by atoms with E-state index < -0.39 is 11.6 Å². The molecule has 1 rings (SSSR count). The Labute approximate surface area is 82.9 Å². The largest absolute Gasteiger partial charge is 0.493 e. The van der Waals surface area contributed by atoms with E-state index in [-0.39, 0.29) is 0 Å². The summed E-state index contributed by atoms with van der Waals surface area (Å²) in [5.74, 6) is -1.36. The van der Waals surface area contributed by atoms with Crippen molar-refractivity contribution < 1.29 is 13.5 Å². The summed E-state index contributed by atoms with van der Waals surface area (Å²) in [4.78, 5) is 0. The minimum atomic E-state index is -0.874. The summed E-state index contributed by atoms with van der Waals surface area (Å²) in [7, 11) is 0. The third-order valence-electron chi connectivity index (χ3n) is 1.24. The Morgan fingerprint density at radius 2 is 2.00 bits per heavy atom. The fourth-order valence-electron chi connectivity index (χ4n) is 0.723. The lowest BCUT2D eigenvalue weighted by Gasteiger charge is -2.03. The van der Waals surface area contributed by atoms with Crippen LogP contribution in [0.25, 0.3) is 0 Å².